The van der Waals surface area contributed by atoms with Gasteiger partial charge in [0.15, 0.2) is 0 Å². The van der Waals surface area contributed by atoms with Crippen LogP contribution in [0.5, 0.6) is 0 Å². The molecule has 0 unspecified atom stereocenters. The summed E-state index contributed by atoms with van der Waals surface area (Å²) in [5, 5.41) is 2.14. The number of nitrogens with zero attached hydrogens (tertiary/aromatic N) is 1. The van der Waals surface area contributed by atoms with Gasteiger partial charge in [-0.05, 0) is 30.5 Å². The Hall–Kier alpha value is -2.72. The van der Waals surface area contributed by atoms with Crippen molar-refractivity contribution in [3.8, 4) is 10.4 Å². The molecule has 118 valence electrons. The smallest absolute Gasteiger partial charge is 0.340 e. The summed E-state index contributed by atoms with van der Waals surface area (Å²) in [7, 11) is 0. The first-order valence-electron chi connectivity index (χ1n) is 7.81. The van der Waals surface area contributed by atoms with E-state index >= 15 is 0 Å². The molecule has 2 heterocycles. The highest BCUT2D eigenvalue weighted by molar-refractivity contribution is 7.22. The number of ether oxygens (including phenoxy) is 1. The standard InChI is InChI=1S/C20H15NO2S/c1-2-23-20(22)15-12-21-16-9-5-4-8-14(16)19(15)18-11-13-7-3-6-10-17(13)24-18/h3-12H,2H2,1H3. The summed E-state index contributed by atoms with van der Waals surface area (Å²) in [6.45, 7) is 2.16. The molecule has 0 saturated heterocycles. The van der Waals surface area contributed by atoms with E-state index in [9.17, 15) is 4.79 Å². The van der Waals surface area contributed by atoms with Crippen LogP contribution in [-0.2, 0) is 4.74 Å². The third-order valence-corrected chi connectivity index (χ3v) is 5.08. The summed E-state index contributed by atoms with van der Waals surface area (Å²) in [4.78, 5) is 17.9. The molecule has 24 heavy (non-hydrogen) atoms. The van der Waals surface area contributed by atoms with Crippen molar-refractivity contribution in [3.63, 3.8) is 0 Å². The Kier molecular flexibility index (Phi) is 3.75. The van der Waals surface area contributed by atoms with Gasteiger partial charge in [0.2, 0.25) is 0 Å². The first-order valence-corrected chi connectivity index (χ1v) is 8.63. The zero-order chi connectivity index (χ0) is 16.5. The number of fused-ring (bicyclic) bond motifs is 2. The number of thiophene rings is 1. The minimum atomic E-state index is -0.330. The Morgan fingerprint density at radius 1 is 1.12 bits per heavy atom. The van der Waals surface area contributed by atoms with E-state index in [0.717, 1.165) is 21.3 Å². The molecule has 3 nitrogen and oxygen atoms in total. The van der Waals surface area contributed by atoms with Gasteiger partial charge in [0.1, 0.15) is 0 Å². The Balaban J connectivity index is 2.03. The number of para-hydroxylation sites is 1. The highest BCUT2D eigenvalue weighted by Crippen LogP contribution is 2.38. The second-order valence-electron chi connectivity index (χ2n) is 5.43. The number of pyridine rings is 1. The number of benzene rings is 2. The van der Waals surface area contributed by atoms with Crippen LogP contribution in [0.1, 0.15) is 17.3 Å². The van der Waals surface area contributed by atoms with Crippen molar-refractivity contribution in [1.29, 1.82) is 0 Å². The molecule has 0 bridgehead atoms. The molecule has 0 atom stereocenters. The van der Waals surface area contributed by atoms with E-state index in [-0.39, 0.29) is 5.97 Å². The summed E-state index contributed by atoms with van der Waals surface area (Å²) in [6, 6.07) is 18.2. The zero-order valence-electron chi connectivity index (χ0n) is 13.2. The number of rotatable bonds is 3. The first kappa shape index (κ1) is 14.8. The lowest BCUT2D eigenvalue weighted by molar-refractivity contribution is 0.0527. The van der Waals surface area contributed by atoms with Crippen LogP contribution in [0.15, 0.2) is 60.8 Å². The van der Waals surface area contributed by atoms with Crippen molar-refractivity contribution in [2.45, 2.75) is 6.92 Å². The summed E-state index contributed by atoms with van der Waals surface area (Å²) in [5.41, 5.74) is 2.29. The van der Waals surface area contributed by atoms with Gasteiger partial charge >= 0.3 is 5.97 Å². The van der Waals surface area contributed by atoms with E-state index in [1.165, 1.54) is 10.1 Å². The number of hydrogen-bond acceptors (Lipinski definition) is 4. The molecule has 4 aromatic rings. The quantitative estimate of drug-likeness (QED) is 0.478. The third-order valence-electron chi connectivity index (χ3n) is 3.94. The van der Waals surface area contributed by atoms with Gasteiger partial charge in [0, 0.05) is 26.7 Å². The van der Waals surface area contributed by atoms with E-state index in [2.05, 4.69) is 23.2 Å². The predicted molar refractivity (Wildman–Crippen MR) is 98.5 cm³/mol. The van der Waals surface area contributed by atoms with Crippen LogP contribution in [0.2, 0.25) is 0 Å². The van der Waals surface area contributed by atoms with Crippen molar-refractivity contribution in [3.05, 3.63) is 66.4 Å². The van der Waals surface area contributed by atoms with Crippen molar-refractivity contribution in [2.75, 3.05) is 6.61 Å². The maximum Gasteiger partial charge on any atom is 0.340 e. The molecule has 2 aromatic heterocycles. The van der Waals surface area contributed by atoms with Crippen LogP contribution >= 0.6 is 11.3 Å². The molecule has 0 amide bonds. The average molecular weight is 333 g/mol. The Labute approximate surface area is 143 Å². The van der Waals surface area contributed by atoms with Crippen molar-refractivity contribution in [1.82, 2.24) is 4.98 Å². The largest absolute Gasteiger partial charge is 0.462 e. The van der Waals surface area contributed by atoms with Gasteiger partial charge < -0.3 is 4.74 Å². The topological polar surface area (TPSA) is 39.2 Å². The van der Waals surface area contributed by atoms with Crippen LogP contribution < -0.4 is 0 Å². The van der Waals surface area contributed by atoms with Crippen molar-refractivity contribution >= 4 is 38.3 Å². The van der Waals surface area contributed by atoms with Crippen molar-refractivity contribution in [2.24, 2.45) is 0 Å². The lowest BCUT2D eigenvalue weighted by atomic mass is 10.0. The lowest BCUT2D eigenvalue weighted by Crippen LogP contribution is -2.07. The Bertz CT molecular complexity index is 1020. The molecule has 0 saturated carbocycles. The third kappa shape index (κ3) is 2.45. The monoisotopic (exact) mass is 333 g/mol. The molecular formula is C20H15NO2S. The minimum absolute atomic E-state index is 0.330. The molecule has 4 rings (SSSR count). The molecule has 0 N–H and O–H groups in total. The van der Waals surface area contributed by atoms with Gasteiger partial charge in [-0.25, -0.2) is 4.79 Å². The van der Waals surface area contributed by atoms with Crippen molar-refractivity contribution < 1.29 is 9.53 Å². The molecule has 0 aliphatic carbocycles. The maximum atomic E-state index is 12.4. The van der Waals surface area contributed by atoms with Gasteiger partial charge in [0.05, 0.1) is 17.7 Å². The van der Waals surface area contributed by atoms with Gasteiger partial charge in [-0.3, -0.25) is 4.98 Å². The maximum absolute atomic E-state index is 12.4. The molecule has 0 aliphatic rings. The normalized spacial score (nSPS) is 11.0. The lowest BCUT2D eigenvalue weighted by Gasteiger charge is -2.10. The minimum Gasteiger partial charge on any atom is -0.462 e. The zero-order valence-corrected chi connectivity index (χ0v) is 14.0. The van der Waals surface area contributed by atoms with Crippen LogP contribution in [0.3, 0.4) is 0 Å². The highest BCUT2D eigenvalue weighted by atomic mass is 32.1. The molecule has 2 aromatic carbocycles. The van der Waals surface area contributed by atoms with E-state index in [1.54, 1.807) is 17.5 Å². The second-order valence-corrected chi connectivity index (χ2v) is 6.52. The fraction of sp³-hybridized carbons (Fsp3) is 0.100. The molecule has 0 aliphatic heterocycles. The molecule has 0 spiro atoms. The number of carbonyl (C=O) groups is 1. The van der Waals surface area contributed by atoms with Gasteiger partial charge in [-0.2, -0.15) is 0 Å². The van der Waals surface area contributed by atoms with Gasteiger partial charge in [-0.1, -0.05) is 36.4 Å². The van der Waals surface area contributed by atoms with Gasteiger partial charge in [0.25, 0.3) is 0 Å². The van der Waals surface area contributed by atoms with E-state index in [1.807, 2.05) is 43.3 Å². The summed E-state index contributed by atoms with van der Waals surface area (Å²) >= 11 is 1.68. The number of aromatic nitrogens is 1. The second kappa shape index (κ2) is 6.06. The molecular weight excluding hydrogens is 318 g/mol. The van der Waals surface area contributed by atoms with Crippen LogP contribution in [0, 0.1) is 0 Å². The average Bonchev–Trinajstić information content (AvgIpc) is 3.04. The molecule has 4 heteroatoms. The van der Waals surface area contributed by atoms with Crippen LogP contribution in [0.4, 0.5) is 0 Å². The summed E-state index contributed by atoms with van der Waals surface area (Å²) in [5.74, 6) is -0.330. The summed E-state index contributed by atoms with van der Waals surface area (Å²) < 4.78 is 6.44. The fourth-order valence-corrected chi connectivity index (χ4v) is 4.01. The Morgan fingerprint density at radius 3 is 2.75 bits per heavy atom. The highest BCUT2D eigenvalue weighted by Gasteiger charge is 2.19. The number of hydrogen-bond donors (Lipinski definition) is 0. The van der Waals surface area contributed by atoms with E-state index in [4.69, 9.17) is 4.74 Å². The Morgan fingerprint density at radius 2 is 1.92 bits per heavy atom. The number of carbonyl (C=O) groups excluding carboxylic acids is 1. The first-order chi connectivity index (χ1) is 11.8. The van der Waals surface area contributed by atoms with E-state index < -0.39 is 0 Å². The van der Waals surface area contributed by atoms with E-state index in [0.29, 0.717) is 12.2 Å². The van der Waals surface area contributed by atoms with Gasteiger partial charge in [-0.15, -0.1) is 11.3 Å². The fourth-order valence-electron chi connectivity index (χ4n) is 2.88. The number of esters is 1. The molecule has 0 radical (unpaired) electrons. The van der Waals surface area contributed by atoms with Crippen LogP contribution in [0.25, 0.3) is 31.4 Å². The SMILES string of the molecule is CCOC(=O)c1cnc2ccccc2c1-c1cc2ccccc2s1. The van der Waals surface area contributed by atoms with Crippen LogP contribution in [-0.4, -0.2) is 17.6 Å². The summed E-state index contributed by atoms with van der Waals surface area (Å²) in [6.07, 6.45) is 1.63. The predicted octanol–water partition coefficient (Wildman–Crippen LogP) is 5.29. The molecule has 0 fully saturated rings.